The largest absolute Gasteiger partial charge is 0.377 e. The molecule has 0 fully saturated rings. The van der Waals surface area contributed by atoms with Crippen LogP contribution in [0.5, 0.6) is 0 Å². The highest BCUT2D eigenvalue weighted by Crippen LogP contribution is 2.38. The Labute approximate surface area is 275 Å². The number of unbranched alkanes of at least 4 members (excludes halogenated alkanes) is 1. The fourth-order valence-corrected chi connectivity index (χ4v) is 6.92. The zero-order valence-electron chi connectivity index (χ0n) is 28.4. The van der Waals surface area contributed by atoms with E-state index < -0.39 is 0 Å². The van der Waals surface area contributed by atoms with Crippen molar-refractivity contribution in [1.29, 1.82) is 0 Å². The Morgan fingerprint density at radius 2 is 1.28 bits per heavy atom. The maximum Gasteiger partial charge on any atom is 0.102 e. The Balaban J connectivity index is 1.01. The lowest BCUT2D eigenvalue weighted by atomic mass is 9.91. The fraction of sp³-hybridized carbons (Fsp3) is 0.349. The van der Waals surface area contributed by atoms with Gasteiger partial charge in [-0.15, -0.1) is 0 Å². The molecule has 6 aromatic carbocycles. The van der Waals surface area contributed by atoms with E-state index in [0.717, 1.165) is 25.9 Å². The van der Waals surface area contributed by atoms with Crippen LogP contribution in [-0.4, -0.2) is 17.2 Å². The summed E-state index contributed by atoms with van der Waals surface area (Å²) >= 11 is 0. The fourth-order valence-electron chi connectivity index (χ4n) is 6.92. The molecule has 0 saturated carbocycles. The van der Waals surface area contributed by atoms with Crippen LogP contribution in [0.1, 0.15) is 88.8 Å². The Bertz CT molecular complexity index is 1840. The normalized spacial score (nSPS) is 13.8. The zero-order valence-corrected chi connectivity index (χ0v) is 28.4. The van der Waals surface area contributed by atoms with Gasteiger partial charge in [-0.25, -0.2) is 0 Å². The zero-order chi connectivity index (χ0) is 32.3. The molecule has 0 amide bonds. The number of hydroxylamine groups is 2. The van der Waals surface area contributed by atoms with E-state index in [9.17, 15) is 0 Å². The van der Waals surface area contributed by atoms with Crippen molar-refractivity contribution in [2.45, 2.75) is 85.1 Å². The van der Waals surface area contributed by atoms with E-state index in [1.165, 1.54) is 54.6 Å². The lowest BCUT2D eigenvalue weighted by molar-refractivity contribution is -0.272. The van der Waals surface area contributed by atoms with Gasteiger partial charge in [0.25, 0.3) is 0 Å². The Morgan fingerprint density at radius 3 is 1.96 bits per heavy atom. The van der Waals surface area contributed by atoms with Gasteiger partial charge in [0.05, 0.1) is 12.6 Å². The molecule has 0 aliphatic carbocycles. The molecule has 0 aromatic heterocycles. The molecule has 0 bridgehead atoms. The number of hydrogen-bond acceptors (Lipinski definition) is 3. The highest BCUT2D eigenvalue weighted by Gasteiger charge is 2.34. The number of rotatable bonds is 13. The first-order valence-electron chi connectivity index (χ1n) is 17.0. The van der Waals surface area contributed by atoms with Crippen LogP contribution in [0.3, 0.4) is 0 Å². The molecule has 0 saturated heterocycles. The quantitative estimate of drug-likeness (QED) is 0.0737. The minimum Gasteiger partial charge on any atom is -0.377 e. The third-order valence-electron chi connectivity index (χ3n) is 9.28. The smallest absolute Gasteiger partial charge is 0.102 e. The first-order chi connectivity index (χ1) is 22.2. The Hall–Kier alpha value is -3.76. The molecule has 2 atom stereocenters. The van der Waals surface area contributed by atoms with Crippen molar-refractivity contribution >= 4 is 32.3 Å². The second-order valence-electron chi connectivity index (χ2n) is 14.2. The van der Waals surface area contributed by atoms with Crippen LogP contribution in [-0.2, 0) is 22.6 Å². The van der Waals surface area contributed by atoms with Crippen molar-refractivity contribution in [3.63, 3.8) is 0 Å². The first kappa shape index (κ1) is 32.2. The molecule has 0 N–H and O–H groups in total. The lowest BCUT2D eigenvalue weighted by Crippen LogP contribution is -2.46. The third-order valence-corrected chi connectivity index (χ3v) is 9.28. The molecule has 6 rings (SSSR count). The summed E-state index contributed by atoms with van der Waals surface area (Å²) in [5, 5.41) is 10.4. The van der Waals surface area contributed by atoms with Gasteiger partial charge < -0.3 is 4.74 Å². The van der Waals surface area contributed by atoms with Crippen molar-refractivity contribution in [3.8, 4) is 0 Å². The van der Waals surface area contributed by atoms with E-state index in [1.54, 1.807) is 0 Å². The van der Waals surface area contributed by atoms with E-state index in [2.05, 4.69) is 156 Å². The minimum atomic E-state index is -0.160. The van der Waals surface area contributed by atoms with E-state index in [4.69, 9.17) is 9.57 Å². The molecule has 238 valence electrons. The molecule has 0 aliphatic heterocycles. The second kappa shape index (κ2) is 13.9. The number of benzene rings is 6. The molecule has 0 spiro atoms. The van der Waals surface area contributed by atoms with Crippen LogP contribution in [0.25, 0.3) is 32.3 Å². The van der Waals surface area contributed by atoms with Crippen LogP contribution in [0.2, 0.25) is 0 Å². The van der Waals surface area contributed by atoms with Crippen LogP contribution < -0.4 is 0 Å². The number of hydrogen-bond donors (Lipinski definition) is 0. The summed E-state index contributed by atoms with van der Waals surface area (Å²) in [6.07, 6.45) is 3.16. The van der Waals surface area contributed by atoms with Gasteiger partial charge in [-0.05, 0) is 107 Å². The molecule has 46 heavy (non-hydrogen) atoms. The second-order valence-corrected chi connectivity index (χ2v) is 14.2. The summed E-state index contributed by atoms with van der Waals surface area (Å²) in [5.41, 5.74) is 4.92. The highest BCUT2D eigenvalue weighted by molar-refractivity contribution is 6.23. The van der Waals surface area contributed by atoms with E-state index in [0.29, 0.717) is 12.5 Å². The highest BCUT2D eigenvalue weighted by atomic mass is 16.7. The van der Waals surface area contributed by atoms with Crippen LogP contribution in [0.4, 0.5) is 0 Å². The van der Waals surface area contributed by atoms with Crippen molar-refractivity contribution in [2.24, 2.45) is 5.92 Å². The van der Waals surface area contributed by atoms with E-state index in [1.807, 2.05) is 0 Å². The van der Waals surface area contributed by atoms with Crippen molar-refractivity contribution in [1.82, 2.24) is 5.06 Å². The van der Waals surface area contributed by atoms with Gasteiger partial charge in [0, 0.05) is 12.1 Å². The summed E-state index contributed by atoms with van der Waals surface area (Å²) in [7, 11) is 0. The standard InChI is InChI=1S/C43H49NO2/c1-30(2)42(38-14-8-7-9-15-38)44(43(4,5)6)46-31(3)33-20-18-32(19-21-33)29-45-28-11-10-13-34-22-23-37-25-24-35-16-12-17-36-26-27-39(34)41(37)40(35)36/h7-9,12,14-27,30-31,42H,10-11,13,28-29H2,1-6H3. The minimum absolute atomic E-state index is 0.0704. The molecule has 3 heteroatoms. The number of ether oxygens (including phenoxy) is 1. The SMILES string of the molecule is CC(ON(C(c1ccccc1)C(C)C)C(C)(C)C)c1ccc(COCCCCc2ccc3ccc4cccc5ccc2c3c45)cc1. The predicted octanol–water partition coefficient (Wildman–Crippen LogP) is 11.6. The average Bonchev–Trinajstić information content (AvgIpc) is 3.05. The van der Waals surface area contributed by atoms with Crippen LogP contribution in [0.15, 0.2) is 109 Å². The molecule has 0 heterocycles. The third kappa shape index (κ3) is 6.98. The van der Waals surface area contributed by atoms with Crippen LogP contribution in [0, 0.1) is 5.92 Å². The molecular formula is C43H49NO2. The average molecular weight is 612 g/mol. The number of nitrogens with zero attached hydrogens (tertiary/aromatic N) is 1. The van der Waals surface area contributed by atoms with Gasteiger partial charge in [-0.3, -0.25) is 4.84 Å². The molecule has 6 aromatic rings. The van der Waals surface area contributed by atoms with Gasteiger partial charge in [-0.2, -0.15) is 5.06 Å². The number of aryl methyl sites for hydroxylation is 1. The van der Waals surface area contributed by atoms with Gasteiger partial charge >= 0.3 is 0 Å². The molecule has 3 nitrogen and oxygen atoms in total. The molecule has 2 unspecified atom stereocenters. The summed E-state index contributed by atoms with van der Waals surface area (Å²) in [6.45, 7) is 14.8. The van der Waals surface area contributed by atoms with Gasteiger partial charge in [0.15, 0.2) is 0 Å². The monoisotopic (exact) mass is 611 g/mol. The maximum atomic E-state index is 6.74. The summed E-state index contributed by atoms with van der Waals surface area (Å²) in [4.78, 5) is 6.74. The van der Waals surface area contributed by atoms with Gasteiger partial charge in [-0.1, -0.05) is 123 Å². The molecule has 0 aliphatic rings. The van der Waals surface area contributed by atoms with Crippen LogP contribution >= 0.6 is 0 Å². The van der Waals surface area contributed by atoms with Crippen molar-refractivity contribution < 1.29 is 9.57 Å². The summed E-state index contributed by atoms with van der Waals surface area (Å²) in [5.74, 6) is 0.397. The topological polar surface area (TPSA) is 21.7 Å². The predicted molar refractivity (Wildman–Crippen MR) is 194 cm³/mol. The Morgan fingerprint density at radius 1 is 0.630 bits per heavy atom. The molecular weight excluding hydrogens is 562 g/mol. The molecule has 0 radical (unpaired) electrons. The maximum absolute atomic E-state index is 6.74. The van der Waals surface area contributed by atoms with Gasteiger partial charge in [0.1, 0.15) is 6.10 Å². The summed E-state index contributed by atoms with van der Waals surface area (Å²) in [6, 6.07) is 39.9. The summed E-state index contributed by atoms with van der Waals surface area (Å²) < 4.78 is 6.11. The van der Waals surface area contributed by atoms with Crippen molar-refractivity contribution in [2.75, 3.05) is 6.61 Å². The van der Waals surface area contributed by atoms with Crippen molar-refractivity contribution in [3.05, 3.63) is 131 Å². The Kier molecular flexibility index (Phi) is 9.75. The van der Waals surface area contributed by atoms with E-state index in [-0.39, 0.29) is 17.7 Å². The van der Waals surface area contributed by atoms with E-state index >= 15 is 0 Å². The lowest BCUT2D eigenvalue weighted by Gasteiger charge is -2.44. The van der Waals surface area contributed by atoms with Gasteiger partial charge in [0.2, 0.25) is 0 Å². The first-order valence-corrected chi connectivity index (χ1v) is 17.0.